The summed E-state index contributed by atoms with van der Waals surface area (Å²) in [6, 6.07) is 0. The number of allylic oxidation sites excluding steroid dienone is 1. The fraction of sp³-hybridized carbons (Fsp3) is 0.550. The van der Waals surface area contributed by atoms with E-state index in [9.17, 15) is 9.59 Å². The minimum Gasteiger partial charge on any atom is -0.342 e. The number of amides is 1. The van der Waals surface area contributed by atoms with Gasteiger partial charge in [-0.1, -0.05) is 17.8 Å². The van der Waals surface area contributed by atoms with Crippen LogP contribution < -0.4 is 5.56 Å². The van der Waals surface area contributed by atoms with Gasteiger partial charge in [-0.2, -0.15) is 0 Å². The maximum atomic E-state index is 13.3. The molecule has 1 amide bonds. The topological polar surface area (TPSA) is 55.2 Å². The molecular formula is C20H25N3O2S2. The Morgan fingerprint density at radius 1 is 1.30 bits per heavy atom. The SMILES string of the molecule is C=CCn1c(S[C@H](C)C(=O)N2CCCC2)nc2sc3c(c2c1=O)CCCC3. The van der Waals surface area contributed by atoms with Crippen molar-refractivity contribution in [2.24, 2.45) is 0 Å². The van der Waals surface area contributed by atoms with Gasteiger partial charge in [-0.15, -0.1) is 17.9 Å². The maximum absolute atomic E-state index is 13.3. The molecule has 1 aliphatic carbocycles. The summed E-state index contributed by atoms with van der Waals surface area (Å²) in [4.78, 5) is 34.9. The number of thiophene rings is 1. The largest absolute Gasteiger partial charge is 0.342 e. The smallest absolute Gasteiger partial charge is 0.263 e. The van der Waals surface area contributed by atoms with E-state index in [1.54, 1.807) is 22.0 Å². The minimum absolute atomic E-state index is 0.0163. The highest BCUT2D eigenvalue weighted by Crippen LogP contribution is 2.35. The van der Waals surface area contributed by atoms with E-state index in [4.69, 9.17) is 4.98 Å². The van der Waals surface area contributed by atoms with Crippen molar-refractivity contribution in [1.29, 1.82) is 0 Å². The van der Waals surface area contributed by atoms with Gasteiger partial charge in [-0.3, -0.25) is 14.2 Å². The lowest BCUT2D eigenvalue weighted by molar-refractivity contribution is -0.129. The zero-order valence-corrected chi connectivity index (χ0v) is 17.3. The molecule has 0 spiro atoms. The van der Waals surface area contributed by atoms with Crippen LogP contribution in [0.1, 0.15) is 43.0 Å². The van der Waals surface area contributed by atoms with E-state index < -0.39 is 0 Å². The predicted molar refractivity (Wildman–Crippen MR) is 112 cm³/mol. The van der Waals surface area contributed by atoms with Crippen molar-refractivity contribution in [3.05, 3.63) is 33.4 Å². The first kappa shape index (κ1) is 18.7. The average Bonchev–Trinajstić information content (AvgIpc) is 3.31. The van der Waals surface area contributed by atoms with Gasteiger partial charge in [0.15, 0.2) is 5.16 Å². The van der Waals surface area contributed by atoms with Crippen molar-refractivity contribution in [2.75, 3.05) is 13.1 Å². The number of likely N-dealkylation sites (tertiary alicyclic amines) is 1. The molecule has 0 aromatic carbocycles. The Labute approximate surface area is 167 Å². The second-order valence-corrected chi connectivity index (χ2v) is 9.67. The molecule has 7 heteroatoms. The summed E-state index contributed by atoms with van der Waals surface area (Å²) in [7, 11) is 0. The zero-order chi connectivity index (χ0) is 19.0. The van der Waals surface area contributed by atoms with Crippen molar-refractivity contribution >= 4 is 39.2 Å². The van der Waals surface area contributed by atoms with E-state index in [0.717, 1.165) is 55.4 Å². The van der Waals surface area contributed by atoms with Gasteiger partial charge >= 0.3 is 0 Å². The highest BCUT2D eigenvalue weighted by Gasteiger charge is 2.27. The fourth-order valence-corrected chi connectivity index (χ4v) is 6.31. The molecule has 3 heterocycles. The Hall–Kier alpha value is -1.60. The Morgan fingerprint density at radius 3 is 2.78 bits per heavy atom. The van der Waals surface area contributed by atoms with Crippen LogP contribution in [0.3, 0.4) is 0 Å². The van der Waals surface area contributed by atoms with Crippen LogP contribution in [0.5, 0.6) is 0 Å². The molecular weight excluding hydrogens is 378 g/mol. The number of thioether (sulfide) groups is 1. The van der Waals surface area contributed by atoms with E-state index in [0.29, 0.717) is 11.7 Å². The molecule has 27 heavy (non-hydrogen) atoms. The highest BCUT2D eigenvalue weighted by atomic mass is 32.2. The van der Waals surface area contributed by atoms with Crippen LogP contribution in [-0.2, 0) is 24.2 Å². The van der Waals surface area contributed by atoms with Crippen LogP contribution in [0.2, 0.25) is 0 Å². The molecule has 0 saturated carbocycles. The Morgan fingerprint density at radius 2 is 2.04 bits per heavy atom. The first-order valence-electron chi connectivity index (χ1n) is 9.71. The molecule has 0 unspecified atom stereocenters. The van der Waals surface area contributed by atoms with Gasteiger partial charge in [0.2, 0.25) is 5.91 Å². The molecule has 144 valence electrons. The van der Waals surface area contributed by atoms with Crippen LogP contribution in [-0.4, -0.2) is 38.7 Å². The molecule has 4 rings (SSSR count). The lowest BCUT2D eigenvalue weighted by Crippen LogP contribution is -2.34. The molecule has 0 radical (unpaired) electrons. The van der Waals surface area contributed by atoms with Crippen molar-refractivity contribution < 1.29 is 4.79 Å². The zero-order valence-electron chi connectivity index (χ0n) is 15.7. The number of aryl methyl sites for hydroxylation is 2. The molecule has 1 atom stereocenters. The first-order chi connectivity index (χ1) is 13.1. The molecule has 1 saturated heterocycles. The van der Waals surface area contributed by atoms with Gasteiger partial charge < -0.3 is 4.90 Å². The Bertz CT molecular complexity index is 941. The van der Waals surface area contributed by atoms with Crippen LogP contribution >= 0.6 is 23.1 Å². The monoisotopic (exact) mass is 403 g/mol. The van der Waals surface area contributed by atoms with Gasteiger partial charge in [0.05, 0.1) is 10.6 Å². The van der Waals surface area contributed by atoms with Crippen molar-refractivity contribution in [1.82, 2.24) is 14.5 Å². The standard InChI is InChI=1S/C20H25N3O2S2/c1-3-10-23-19(25)16-14-8-4-5-9-15(14)27-17(16)21-20(23)26-13(2)18(24)22-11-6-7-12-22/h3,13H,1,4-12H2,2H3/t13-/m1/s1. The van der Waals surface area contributed by atoms with E-state index in [1.165, 1.54) is 28.6 Å². The molecule has 2 aromatic heterocycles. The number of fused-ring (bicyclic) bond motifs is 3. The van der Waals surface area contributed by atoms with Crippen LogP contribution in [0, 0.1) is 0 Å². The summed E-state index contributed by atoms with van der Waals surface area (Å²) in [5.74, 6) is 0.141. The molecule has 5 nitrogen and oxygen atoms in total. The van der Waals surface area contributed by atoms with Crippen LogP contribution in [0.25, 0.3) is 10.2 Å². The summed E-state index contributed by atoms with van der Waals surface area (Å²) >= 11 is 3.06. The normalized spacial score (nSPS) is 17.9. The average molecular weight is 404 g/mol. The highest BCUT2D eigenvalue weighted by molar-refractivity contribution is 8.00. The predicted octanol–water partition coefficient (Wildman–Crippen LogP) is 3.63. The summed E-state index contributed by atoms with van der Waals surface area (Å²) < 4.78 is 1.69. The molecule has 2 aromatic rings. The van der Waals surface area contributed by atoms with Gasteiger partial charge in [-0.05, 0) is 51.0 Å². The van der Waals surface area contributed by atoms with Gasteiger partial charge in [0, 0.05) is 24.5 Å². The van der Waals surface area contributed by atoms with Gasteiger partial charge in [-0.25, -0.2) is 4.98 Å². The number of nitrogens with zero attached hydrogens (tertiary/aromatic N) is 3. The Kier molecular flexibility index (Phi) is 5.41. The van der Waals surface area contributed by atoms with Gasteiger partial charge in [0.25, 0.3) is 5.56 Å². The molecule has 1 fully saturated rings. The van der Waals surface area contributed by atoms with Gasteiger partial charge in [0.1, 0.15) is 4.83 Å². The van der Waals surface area contributed by atoms with E-state index in [2.05, 4.69) is 6.58 Å². The number of rotatable bonds is 5. The first-order valence-corrected chi connectivity index (χ1v) is 11.4. The number of carbonyl (C=O) groups excluding carboxylic acids is 1. The third-order valence-electron chi connectivity index (χ3n) is 5.40. The van der Waals surface area contributed by atoms with E-state index in [-0.39, 0.29) is 16.7 Å². The van der Waals surface area contributed by atoms with Crippen molar-refractivity contribution in [2.45, 2.75) is 62.4 Å². The van der Waals surface area contributed by atoms with E-state index >= 15 is 0 Å². The fourth-order valence-electron chi connectivity index (χ4n) is 4.00. The second kappa shape index (κ2) is 7.80. The molecule has 1 aliphatic heterocycles. The second-order valence-electron chi connectivity index (χ2n) is 7.28. The summed E-state index contributed by atoms with van der Waals surface area (Å²) in [6.07, 6.45) is 8.22. The third kappa shape index (κ3) is 3.47. The lowest BCUT2D eigenvalue weighted by Gasteiger charge is -2.20. The van der Waals surface area contributed by atoms with Crippen molar-refractivity contribution in [3.63, 3.8) is 0 Å². The maximum Gasteiger partial charge on any atom is 0.263 e. The summed E-state index contributed by atoms with van der Waals surface area (Å²) in [5, 5.41) is 1.17. The van der Waals surface area contributed by atoms with Crippen LogP contribution in [0.15, 0.2) is 22.6 Å². The third-order valence-corrected chi connectivity index (χ3v) is 7.66. The van der Waals surface area contributed by atoms with Crippen molar-refractivity contribution in [3.8, 4) is 0 Å². The summed E-state index contributed by atoms with van der Waals surface area (Å²) in [6.45, 7) is 7.81. The molecule has 2 aliphatic rings. The quantitative estimate of drug-likeness (QED) is 0.435. The lowest BCUT2D eigenvalue weighted by atomic mass is 9.97. The summed E-state index contributed by atoms with van der Waals surface area (Å²) in [5.41, 5.74) is 1.22. The number of aromatic nitrogens is 2. The Balaban J connectivity index is 1.72. The number of carbonyl (C=O) groups is 1. The number of hydrogen-bond acceptors (Lipinski definition) is 5. The number of hydrogen-bond donors (Lipinski definition) is 0. The van der Waals surface area contributed by atoms with E-state index in [1.807, 2.05) is 11.8 Å². The minimum atomic E-state index is -0.252. The van der Waals surface area contributed by atoms with Crippen LogP contribution in [0.4, 0.5) is 0 Å². The molecule has 0 bridgehead atoms. The molecule has 0 N–H and O–H groups in total.